The maximum atomic E-state index is 11.8. The van der Waals surface area contributed by atoms with Gasteiger partial charge in [0, 0.05) is 12.0 Å². The predicted molar refractivity (Wildman–Crippen MR) is 64.5 cm³/mol. The van der Waals surface area contributed by atoms with E-state index in [0.717, 1.165) is 19.3 Å². The minimum absolute atomic E-state index is 0. The molecule has 5 unspecified atom stereocenters. The summed E-state index contributed by atoms with van der Waals surface area (Å²) in [7, 11) is 0. The Hall–Kier alpha value is -0.320. The number of carbonyl (C=O) groups excluding carboxylic acids is 1. The summed E-state index contributed by atoms with van der Waals surface area (Å²) in [4.78, 5) is 11.8. The predicted octanol–water partition coefficient (Wildman–Crippen LogP) is 0.828. The van der Waals surface area contributed by atoms with Crippen LogP contribution < -0.4 is 11.1 Å². The third kappa shape index (κ3) is 2.67. The normalized spacial score (nSPS) is 35.3. The SMILES string of the molecule is CC(N)C(C)C(=O)NC1CC2CCC1O2.Cl. The Bertz CT molecular complexity index is 260. The third-order valence-corrected chi connectivity index (χ3v) is 3.64. The van der Waals surface area contributed by atoms with Crippen molar-refractivity contribution in [1.29, 1.82) is 0 Å². The highest BCUT2D eigenvalue weighted by molar-refractivity contribution is 5.85. The second-order valence-electron chi connectivity index (χ2n) is 4.87. The minimum Gasteiger partial charge on any atom is -0.373 e. The molecule has 4 nitrogen and oxygen atoms in total. The van der Waals surface area contributed by atoms with Gasteiger partial charge in [0.05, 0.1) is 18.2 Å². The standard InChI is InChI=1S/C11H20N2O2.ClH/c1-6(7(2)12)11(14)13-9-5-8-3-4-10(9)15-8;/h6-10H,3-5,12H2,1-2H3,(H,13,14);1H. The molecular formula is C11H21ClN2O2. The molecule has 2 aliphatic rings. The average Bonchev–Trinajstić information content (AvgIpc) is 2.77. The highest BCUT2D eigenvalue weighted by Crippen LogP contribution is 2.34. The summed E-state index contributed by atoms with van der Waals surface area (Å²) in [5.41, 5.74) is 5.69. The molecule has 2 bridgehead atoms. The molecule has 2 saturated heterocycles. The molecule has 5 heteroatoms. The van der Waals surface area contributed by atoms with Crippen LogP contribution in [0.2, 0.25) is 0 Å². The van der Waals surface area contributed by atoms with Gasteiger partial charge in [-0.1, -0.05) is 6.92 Å². The number of amides is 1. The van der Waals surface area contributed by atoms with Gasteiger partial charge in [0.2, 0.25) is 5.91 Å². The van der Waals surface area contributed by atoms with Crippen LogP contribution in [0, 0.1) is 5.92 Å². The lowest BCUT2D eigenvalue weighted by Crippen LogP contribution is -2.46. The van der Waals surface area contributed by atoms with Gasteiger partial charge in [-0.05, 0) is 26.2 Å². The highest BCUT2D eigenvalue weighted by atomic mass is 35.5. The van der Waals surface area contributed by atoms with Crippen LogP contribution >= 0.6 is 12.4 Å². The van der Waals surface area contributed by atoms with E-state index in [-0.39, 0.29) is 42.4 Å². The zero-order valence-electron chi connectivity index (χ0n) is 9.81. The maximum Gasteiger partial charge on any atom is 0.224 e. The van der Waals surface area contributed by atoms with Crippen molar-refractivity contribution in [3.8, 4) is 0 Å². The van der Waals surface area contributed by atoms with Crippen molar-refractivity contribution < 1.29 is 9.53 Å². The molecule has 3 N–H and O–H groups in total. The highest BCUT2D eigenvalue weighted by Gasteiger charge is 2.41. The van der Waals surface area contributed by atoms with Crippen molar-refractivity contribution in [2.24, 2.45) is 11.7 Å². The summed E-state index contributed by atoms with van der Waals surface area (Å²) >= 11 is 0. The van der Waals surface area contributed by atoms with Crippen molar-refractivity contribution in [1.82, 2.24) is 5.32 Å². The molecule has 5 atom stereocenters. The summed E-state index contributed by atoms with van der Waals surface area (Å²) in [5, 5.41) is 3.05. The summed E-state index contributed by atoms with van der Waals surface area (Å²) in [6.45, 7) is 3.73. The first-order valence-corrected chi connectivity index (χ1v) is 5.79. The van der Waals surface area contributed by atoms with E-state index in [1.807, 2.05) is 13.8 Å². The van der Waals surface area contributed by atoms with Crippen molar-refractivity contribution >= 4 is 18.3 Å². The number of carbonyl (C=O) groups is 1. The Morgan fingerprint density at radius 1 is 1.44 bits per heavy atom. The Labute approximate surface area is 103 Å². The molecule has 0 radical (unpaired) electrons. The number of halogens is 1. The molecular weight excluding hydrogens is 228 g/mol. The number of fused-ring (bicyclic) bond motifs is 2. The first-order chi connectivity index (χ1) is 7.08. The van der Waals surface area contributed by atoms with Crippen LogP contribution in [0.5, 0.6) is 0 Å². The minimum atomic E-state index is -0.121. The fourth-order valence-electron chi connectivity index (χ4n) is 2.34. The zero-order chi connectivity index (χ0) is 11.0. The van der Waals surface area contributed by atoms with Gasteiger partial charge in [-0.15, -0.1) is 12.4 Å². The van der Waals surface area contributed by atoms with Crippen molar-refractivity contribution in [3.63, 3.8) is 0 Å². The summed E-state index contributed by atoms with van der Waals surface area (Å²) < 4.78 is 5.68. The largest absolute Gasteiger partial charge is 0.373 e. The fourth-order valence-corrected chi connectivity index (χ4v) is 2.34. The summed E-state index contributed by atoms with van der Waals surface area (Å²) in [5.74, 6) is -0.0599. The average molecular weight is 249 g/mol. The molecule has 0 aromatic carbocycles. The molecule has 0 aromatic rings. The number of rotatable bonds is 3. The van der Waals surface area contributed by atoms with Crippen LogP contribution in [0.1, 0.15) is 33.1 Å². The second-order valence-corrected chi connectivity index (χ2v) is 4.87. The van der Waals surface area contributed by atoms with E-state index in [0.29, 0.717) is 6.10 Å². The maximum absolute atomic E-state index is 11.8. The number of nitrogens with two attached hydrogens (primary N) is 1. The van der Waals surface area contributed by atoms with Crippen LogP contribution in [-0.4, -0.2) is 30.2 Å². The van der Waals surface area contributed by atoms with Crippen molar-refractivity contribution in [2.45, 2.75) is 57.4 Å². The van der Waals surface area contributed by atoms with Crippen LogP contribution in [0.3, 0.4) is 0 Å². The molecule has 0 aromatic heterocycles. The number of hydrogen-bond donors (Lipinski definition) is 2. The van der Waals surface area contributed by atoms with Gasteiger partial charge < -0.3 is 15.8 Å². The zero-order valence-corrected chi connectivity index (χ0v) is 10.6. The van der Waals surface area contributed by atoms with Gasteiger partial charge in [0.25, 0.3) is 0 Å². The molecule has 94 valence electrons. The lowest BCUT2D eigenvalue weighted by atomic mass is 9.94. The van der Waals surface area contributed by atoms with E-state index in [9.17, 15) is 4.79 Å². The Morgan fingerprint density at radius 2 is 2.12 bits per heavy atom. The lowest BCUT2D eigenvalue weighted by molar-refractivity contribution is -0.126. The van der Waals surface area contributed by atoms with Gasteiger partial charge in [-0.3, -0.25) is 4.79 Å². The lowest BCUT2D eigenvalue weighted by Gasteiger charge is -2.23. The van der Waals surface area contributed by atoms with Gasteiger partial charge in [-0.2, -0.15) is 0 Å². The molecule has 0 aliphatic carbocycles. The van der Waals surface area contributed by atoms with E-state index in [1.165, 1.54) is 0 Å². The first-order valence-electron chi connectivity index (χ1n) is 5.79. The Kier molecular flexibility index (Phi) is 4.59. The quantitative estimate of drug-likeness (QED) is 0.778. The fraction of sp³-hybridized carbons (Fsp3) is 0.909. The number of ether oxygens (including phenoxy) is 1. The number of hydrogen-bond acceptors (Lipinski definition) is 3. The van der Waals surface area contributed by atoms with Crippen molar-refractivity contribution in [3.05, 3.63) is 0 Å². The molecule has 0 spiro atoms. The number of nitrogens with one attached hydrogen (secondary N) is 1. The molecule has 1 amide bonds. The third-order valence-electron chi connectivity index (χ3n) is 3.64. The van der Waals surface area contributed by atoms with Gasteiger partial charge in [0.1, 0.15) is 0 Å². The molecule has 0 saturated carbocycles. The molecule has 2 aliphatic heterocycles. The van der Waals surface area contributed by atoms with E-state index in [2.05, 4.69) is 5.32 Å². The van der Waals surface area contributed by atoms with Crippen LogP contribution in [0.25, 0.3) is 0 Å². The Morgan fingerprint density at radius 3 is 2.56 bits per heavy atom. The molecule has 2 rings (SSSR count). The van der Waals surface area contributed by atoms with Crippen LogP contribution in [0.15, 0.2) is 0 Å². The van der Waals surface area contributed by atoms with E-state index in [1.54, 1.807) is 0 Å². The van der Waals surface area contributed by atoms with E-state index >= 15 is 0 Å². The van der Waals surface area contributed by atoms with Gasteiger partial charge in [-0.25, -0.2) is 0 Å². The monoisotopic (exact) mass is 248 g/mol. The van der Waals surface area contributed by atoms with Crippen LogP contribution in [-0.2, 0) is 9.53 Å². The summed E-state index contributed by atoms with van der Waals surface area (Å²) in [6.07, 6.45) is 3.84. The van der Waals surface area contributed by atoms with Crippen molar-refractivity contribution in [2.75, 3.05) is 0 Å². The van der Waals surface area contributed by atoms with Crippen LogP contribution in [0.4, 0.5) is 0 Å². The first kappa shape index (κ1) is 13.7. The van der Waals surface area contributed by atoms with E-state index in [4.69, 9.17) is 10.5 Å². The Balaban J connectivity index is 0.00000128. The van der Waals surface area contributed by atoms with Gasteiger partial charge in [0.15, 0.2) is 0 Å². The summed E-state index contributed by atoms with van der Waals surface area (Å²) in [6, 6.07) is 0.127. The topological polar surface area (TPSA) is 64.4 Å². The van der Waals surface area contributed by atoms with E-state index < -0.39 is 0 Å². The second kappa shape index (κ2) is 5.34. The van der Waals surface area contributed by atoms with Gasteiger partial charge >= 0.3 is 0 Å². The molecule has 16 heavy (non-hydrogen) atoms. The molecule has 2 fully saturated rings. The smallest absolute Gasteiger partial charge is 0.224 e. The molecule has 2 heterocycles.